The summed E-state index contributed by atoms with van der Waals surface area (Å²) in [5, 5.41) is 0. The average Bonchev–Trinajstić information content (AvgIpc) is 2.89. The Bertz CT molecular complexity index is 411. The van der Waals surface area contributed by atoms with Crippen molar-refractivity contribution < 1.29 is 4.79 Å². The van der Waals surface area contributed by atoms with Gasteiger partial charge in [0.05, 0.1) is 0 Å². The van der Waals surface area contributed by atoms with E-state index in [0.717, 1.165) is 25.2 Å². The first kappa shape index (κ1) is 14.0. The van der Waals surface area contributed by atoms with Gasteiger partial charge in [0.15, 0.2) is 5.78 Å². The van der Waals surface area contributed by atoms with Crippen LogP contribution in [-0.2, 0) is 0 Å². The first-order valence-corrected chi connectivity index (χ1v) is 7.91. The van der Waals surface area contributed by atoms with Gasteiger partial charge in [-0.3, -0.25) is 4.79 Å². The molecule has 0 aromatic heterocycles. The van der Waals surface area contributed by atoms with Crippen LogP contribution in [0.15, 0.2) is 24.3 Å². The fourth-order valence-corrected chi connectivity index (χ4v) is 2.76. The summed E-state index contributed by atoms with van der Waals surface area (Å²) < 4.78 is 0.453. The molecule has 1 aliphatic heterocycles. The van der Waals surface area contributed by atoms with Gasteiger partial charge in [-0.05, 0) is 44.5 Å². The number of alkyl halides is 1. The Balaban J connectivity index is 1.93. The lowest BCUT2D eigenvalue weighted by molar-refractivity contribution is 0.0969. The molecule has 0 radical (unpaired) electrons. The predicted octanol–water partition coefficient (Wildman–Crippen LogP) is 3.85. The maximum atomic E-state index is 12.1. The molecular weight excluding hydrogens is 337 g/mol. The van der Waals surface area contributed by atoms with Crippen LogP contribution in [0.2, 0.25) is 0 Å². The second-order valence-electron chi connectivity index (χ2n) is 4.96. The van der Waals surface area contributed by atoms with Crippen LogP contribution < -0.4 is 0 Å². The lowest BCUT2D eigenvalue weighted by atomic mass is 10.0. The summed E-state index contributed by atoms with van der Waals surface area (Å²) in [6, 6.07) is 8.07. The SMILES string of the molecule is CC(I)c1cccc(C(=O)CCN2CCCC2)c1. The standard InChI is InChI=1S/C15H20INO/c1-12(16)13-5-4-6-14(11-13)15(18)7-10-17-8-2-3-9-17/h4-6,11-12H,2-3,7-10H2,1H3. The number of ketones is 1. The highest BCUT2D eigenvalue weighted by molar-refractivity contribution is 14.1. The van der Waals surface area contributed by atoms with Crippen LogP contribution in [0.3, 0.4) is 0 Å². The molecule has 1 aliphatic rings. The molecule has 1 aromatic carbocycles. The third-order valence-electron chi connectivity index (χ3n) is 3.52. The molecule has 1 heterocycles. The van der Waals surface area contributed by atoms with Crippen LogP contribution in [0.25, 0.3) is 0 Å². The summed E-state index contributed by atoms with van der Waals surface area (Å²) in [6.07, 6.45) is 3.23. The van der Waals surface area contributed by atoms with Gasteiger partial charge < -0.3 is 4.90 Å². The molecule has 1 unspecified atom stereocenters. The first-order chi connectivity index (χ1) is 8.66. The Labute approximate surface area is 123 Å². The van der Waals surface area contributed by atoms with Gasteiger partial charge in [0, 0.05) is 22.5 Å². The van der Waals surface area contributed by atoms with Gasteiger partial charge in [-0.2, -0.15) is 0 Å². The summed E-state index contributed by atoms with van der Waals surface area (Å²) in [7, 11) is 0. The molecule has 98 valence electrons. The van der Waals surface area contributed by atoms with Crippen LogP contribution in [0.4, 0.5) is 0 Å². The molecule has 3 heteroatoms. The minimum atomic E-state index is 0.279. The third-order valence-corrected chi connectivity index (χ3v) is 4.24. The third kappa shape index (κ3) is 3.79. The molecule has 0 amide bonds. The van der Waals surface area contributed by atoms with Crippen LogP contribution in [0.5, 0.6) is 0 Å². The van der Waals surface area contributed by atoms with Gasteiger partial charge in [-0.1, -0.05) is 40.8 Å². The number of hydrogen-bond donors (Lipinski definition) is 0. The number of benzene rings is 1. The Morgan fingerprint density at radius 2 is 2.11 bits per heavy atom. The first-order valence-electron chi connectivity index (χ1n) is 6.66. The molecule has 1 saturated heterocycles. The largest absolute Gasteiger partial charge is 0.303 e. The Hall–Kier alpha value is -0.420. The van der Waals surface area contributed by atoms with Gasteiger partial charge in [0.2, 0.25) is 0 Å². The van der Waals surface area contributed by atoms with Crippen molar-refractivity contribution in [2.45, 2.75) is 30.1 Å². The van der Waals surface area contributed by atoms with E-state index < -0.39 is 0 Å². The smallest absolute Gasteiger partial charge is 0.164 e. The van der Waals surface area contributed by atoms with Gasteiger partial charge >= 0.3 is 0 Å². The molecule has 2 nitrogen and oxygen atoms in total. The average molecular weight is 357 g/mol. The molecule has 18 heavy (non-hydrogen) atoms. The zero-order chi connectivity index (χ0) is 13.0. The molecule has 0 spiro atoms. The van der Waals surface area contributed by atoms with Gasteiger partial charge in [-0.25, -0.2) is 0 Å². The summed E-state index contributed by atoms with van der Waals surface area (Å²) >= 11 is 2.38. The number of carbonyl (C=O) groups excluding carboxylic acids is 1. The minimum absolute atomic E-state index is 0.279. The monoisotopic (exact) mass is 357 g/mol. The second-order valence-corrected chi connectivity index (χ2v) is 6.83. The van der Waals surface area contributed by atoms with Crippen molar-refractivity contribution in [3.8, 4) is 0 Å². The highest BCUT2D eigenvalue weighted by Gasteiger charge is 2.14. The number of rotatable bonds is 5. The number of Topliss-reactive ketones (excluding diaryl/α,β-unsaturated/α-hetero) is 1. The number of hydrogen-bond acceptors (Lipinski definition) is 2. The van der Waals surface area contributed by atoms with E-state index in [4.69, 9.17) is 0 Å². The zero-order valence-corrected chi connectivity index (χ0v) is 13.0. The van der Waals surface area contributed by atoms with Crippen molar-refractivity contribution in [1.29, 1.82) is 0 Å². The van der Waals surface area contributed by atoms with E-state index >= 15 is 0 Å². The molecule has 0 bridgehead atoms. The van der Waals surface area contributed by atoms with Crippen molar-refractivity contribution in [3.63, 3.8) is 0 Å². The van der Waals surface area contributed by atoms with Crippen LogP contribution >= 0.6 is 22.6 Å². The maximum absolute atomic E-state index is 12.1. The number of likely N-dealkylation sites (tertiary alicyclic amines) is 1. The molecule has 0 aliphatic carbocycles. The van der Waals surface area contributed by atoms with Gasteiger partial charge in [-0.15, -0.1) is 0 Å². The van der Waals surface area contributed by atoms with Crippen LogP contribution in [0.1, 0.15) is 46.0 Å². The minimum Gasteiger partial charge on any atom is -0.303 e. The fraction of sp³-hybridized carbons (Fsp3) is 0.533. The van der Waals surface area contributed by atoms with E-state index in [1.807, 2.05) is 18.2 Å². The maximum Gasteiger partial charge on any atom is 0.164 e. The van der Waals surface area contributed by atoms with E-state index in [1.165, 1.54) is 18.4 Å². The molecule has 0 saturated carbocycles. The van der Waals surface area contributed by atoms with Crippen molar-refractivity contribution in [1.82, 2.24) is 4.90 Å². The van der Waals surface area contributed by atoms with Crippen LogP contribution in [0, 0.1) is 0 Å². The Morgan fingerprint density at radius 1 is 1.39 bits per heavy atom. The molecule has 1 atom stereocenters. The number of halogens is 1. The highest BCUT2D eigenvalue weighted by atomic mass is 127. The van der Waals surface area contributed by atoms with Crippen molar-refractivity contribution in [2.75, 3.05) is 19.6 Å². The summed E-state index contributed by atoms with van der Waals surface area (Å²) in [5.41, 5.74) is 2.11. The highest BCUT2D eigenvalue weighted by Crippen LogP contribution is 2.23. The summed E-state index contributed by atoms with van der Waals surface area (Å²) in [5.74, 6) is 0.279. The zero-order valence-electron chi connectivity index (χ0n) is 10.9. The second kappa shape index (κ2) is 6.66. The summed E-state index contributed by atoms with van der Waals surface area (Å²) in [4.78, 5) is 14.5. The molecule has 1 fully saturated rings. The summed E-state index contributed by atoms with van der Waals surface area (Å²) in [6.45, 7) is 5.40. The lowest BCUT2D eigenvalue weighted by Crippen LogP contribution is -2.22. The Kier molecular flexibility index (Phi) is 5.18. The van der Waals surface area contributed by atoms with E-state index in [-0.39, 0.29) is 5.78 Å². The molecule has 1 aromatic rings. The van der Waals surface area contributed by atoms with Crippen molar-refractivity contribution >= 4 is 28.4 Å². The predicted molar refractivity (Wildman–Crippen MR) is 83.5 cm³/mol. The normalized spacial score (nSPS) is 17.9. The lowest BCUT2D eigenvalue weighted by Gasteiger charge is -2.13. The van der Waals surface area contributed by atoms with E-state index in [2.05, 4.69) is 40.5 Å². The van der Waals surface area contributed by atoms with E-state index in [0.29, 0.717) is 10.3 Å². The fourth-order valence-electron chi connectivity index (χ4n) is 2.37. The van der Waals surface area contributed by atoms with E-state index in [9.17, 15) is 4.79 Å². The topological polar surface area (TPSA) is 20.3 Å². The number of carbonyl (C=O) groups is 1. The quantitative estimate of drug-likeness (QED) is 0.453. The molecular formula is C15H20INO. The Morgan fingerprint density at radius 3 is 2.78 bits per heavy atom. The van der Waals surface area contributed by atoms with E-state index in [1.54, 1.807) is 0 Å². The van der Waals surface area contributed by atoms with Gasteiger partial charge in [0.25, 0.3) is 0 Å². The molecule has 0 N–H and O–H groups in total. The van der Waals surface area contributed by atoms with Crippen LogP contribution in [-0.4, -0.2) is 30.3 Å². The molecule has 2 rings (SSSR count). The van der Waals surface area contributed by atoms with Gasteiger partial charge in [0.1, 0.15) is 0 Å². The van der Waals surface area contributed by atoms with Crippen molar-refractivity contribution in [2.24, 2.45) is 0 Å². The van der Waals surface area contributed by atoms with Crippen molar-refractivity contribution in [3.05, 3.63) is 35.4 Å². The number of nitrogens with zero attached hydrogens (tertiary/aromatic N) is 1.